The fraction of sp³-hybridized carbons (Fsp3) is 0.0952. The van der Waals surface area contributed by atoms with Crippen molar-refractivity contribution in [1.82, 2.24) is 9.97 Å². The quantitative estimate of drug-likeness (QED) is 0.575. The smallest absolute Gasteiger partial charge is 0.262 e. The summed E-state index contributed by atoms with van der Waals surface area (Å²) in [6.45, 7) is 0. The zero-order chi connectivity index (χ0) is 20.5. The van der Waals surface area contributed by atoms with E-state index in [2.05, 4.69) is 15.0 Å². The van der Waals surface area contributed by atoms with E-state index < -0.39 is 5.56 Å². The molecule has 2 heterocycles. The molecule has 0 bridgehead atoms. The first-order chi connectivity index (χ1) is 14.0. The Kier molecular flexibility index (Phi) is 4.77. The van der Waals surface area contributed by atoms with Gasteiger partial charge in [-0.15, -0.1) is 0 Å². The molecule has 1 aliphatic rings. The van der Waals surface area contributed by atoms with Crippen LogP contribution in [0.25, 0.3) is 11.6 Å². The summed E-state index contributed by atoms with van der Waals surface area (Å²) in [6, 6.07) is 11.5. The first-order valence-electron chi connectivity index (χ1n) is 8.69. The van der Waals surface area contributed by atoms with Crippen LogP contribution in [0.2, 0.25) is 0 Å². The minimum Gasteiger partial charge on any atom is -0.496 e. The number of H-pyrrole nitrogens is 2. The highest BCUT2D eigenvalue weighted by molar-refractivity contribution is 7.71. The summed E-state index contributed by atoms with van der Waals surface area (Å²) in [7, 11) is 3.09. The standard InChI is InChI=1S/C21H17N3O4S/c1-27-15-9-16(28-2)17-14(11-6-4-3-5-7-11)10-22-18(17)12(15)8-13-19(25)23-21(29)24-20(13)26/h3-10H,1-2H3,(H3,23,24,25,26,29). The number of hydrogen-bond acceptors (Lipinski definition) is 6. The van der Waals surface area contributed by atoms with Crippen LogP contribution in [-0.2, 0) is 0 Å². The highest BCUT2D eigenvalue weighted by atomic mass is 32.1. The Balaban J connectivity index is 2.05. The van der Waals surface area contributed by atoms with E-state index in [-0.39, 0.29) is 16.2 Å². The van der Waals surface area contributed by atoms with E-state index in [1.54, 1.807) is 19.4 Å². The molecule has 7 nitrogen and oxygen atoms in total. The van der Waals surface area contributed by atoms with Crippen LogP contribution < -0.4 is 25.6 Å². The minimum atomic E-state index is -0.521. The van der Waals surface area contributed by atoms with Crippen LogP contribution in [0.5, 0.6) is 17.4 Å². The zero-order valence-electron chi connectivity index (χ0n) is 15.6. The topological polar surface area (TPSA) is 99.7 Å². The lowest BCUT2D eigenvalue weighted by molar-refractivity contribution is 0.390. The summed E-state index contributed by atoms with van der Waals surface area (Å²) < 4.78 is 11.1. The molecule has 2 aromatic carbocycles. The molecule has 146 valence electrons. The van der Waals surface area contributed by atoms with Crippen molar-refractivity contribution in [3.8, 4) is 17.4 Å². The van der Waals surface area contributed by atoms with Crippen LogP contribution in [0.4, 0.5) is 0 Å². The Hall–Kier alpha value is -3.65. The van der Waals surface area contributed by atoms with Gasteiger partial charge in [-0.2, -0.15) is 0 Å². The Labute approximate surface area is 170 Å². The number of methoxy groups -OCH3 is 2. The van der Waals surface area contributed by atoms with Gasteiger partial charge in [0.25, 0.3) is 5.56 Å². The van der Waals surface area contributed by atoms with Gasteiger partial charge in [0.15, 0.2) is 4.77 Å². The molecule has 1 aliphatic heterocycles. The number of fused-ring (bicyclic) bond motifs is 1. The molecule has 0 saturated heterocycles. The first kappa shape index (κ1) is 18.7. The van der Waals surface area contributed by atoms with Crippen molar-refractivity contribution in [3.05, 3.63) is 85.0 Å². The van der Waals surface area contributed by atoms with Gasteiger partial charge in [0.2, 0.25) is 5.88 Å². The molecule has 29 heavy (non-hydrogen) atoms. The Morgan fingerprint density at radius 3 is 2.48 bits per heavy atom. The fourth-order valence-electron chi connectivity index (χ4n) is 3.29. The van der Waals surface area contributed by atoms with Gasteiger partial charge in [0, 0.05) is 23.1 Å². The van der Waals surface area contributed by atoms with Crippen molar-refractivity contribution in [2.75, 3.05) is 14.2 Å². The van der Waals surface area contributed by atoms with Gasteiger partial charge in [0.05, 0.1) is 25.1 Å². The lowest BCUT2D eigenvalue weighted by Gasteiger charge is -2.12. The normalized spacial score (nSPS) is 12.9. The maximum Gasteiger partial charge on any atom is 0.262 e. The first-order valence-corrected chi connectivity index (χ1v) is 9.10. The molecule has 0 aliphatic carbocycles. The summed E-state index contributed by atoms with van der Waals surface area (Å²) in [6.07, 6.45) is 3.27. The number of benzene rings is 2. The molecule has 0 amide bonds. The van der Waals surface area contributed by atoms with Crippen LogP contribution in [-0.4, -0.2) is 29.3 Å². The molecule has 3 aromatic rings. The highest BCUT2D eigenvalue weighted by Gasteiger charge is 2.21. The van der Waals surface area contributed by atoms with E-state index in [4.69, 9.17) is 21.7 Å². The van der Waals surface area contributed by atoms with Crippen LogP contribution in [0.15, 0.2) is 52.4 Å². The van der Waals surface area contributed by atoms with E-state index in [9.17, 15) is 9.90 Å². The van der Waals surface area contributed by atoms with Crippen molar-refractivity contribution >= 4 is 23.9 Å². The molecule has 0 spiro atoms. The predicted octanol–water partition coefficient (Wildman–Crippen LogP) is 2.01. The van der Waals surface area contributed by atoms with Crippen LogP contribution in [0.1, 0.15) is 16.7 Å². The molecular weight excluding hydrogens is 390 g/mol. The van der Waals surface area contributed by atoms with Gasteiger partial charge in [-0.3, -0.25) is 14.8 Å². The largest absolute Gasteiger partial charge is 0.496 e. The maximum atomic E-state index is 12.3. The Morgan fingerprint density at radius 1 is 1.10 bits per heavy atom. The lowest BCUT2D eigenvalue weighted by Crippen LogP contribution is -2.30. The third-order valence-corrected chi connectivity index (χ3v) is 4.83. The van der Waals surface area contributed by atoms with Gasteiger partial charge >= 0.3 is 0 Å². The van der Waals surface area contributed by atoms with Crippen LogP contribution >= 0.6 is 12.2 Å². The van der Waals surface area contributed by atoms with E-state index in [0.29, 0.717) is 22.1 Å². The number of ether oxygens (including phenoxy) is 2. The second-order valence-electron chi connectivity index (χ2n) is 6.27. The molecule has 0 saturated carbocycles. The summed E-state index contributed by atoms with van der Waals surface area (Å²) in [5.74, 6) is 0.712. The number of rotatable bonds is 4. The van der Waals surface area contributed by atoms with Crippen molar-refractivity contribution in [2.24, 2.45) is 4.99 Å². The van der Waals surface area contributed by atoms with E-state index in [1.807, 2.05) is 30.3 Å². The molecular formula is C21H17N3O4S. The molecule has 3 N–H and O–H groups in total. The molecule has 0 unspecified atom stereocenters. The third-order valence-electron chi connectivity index (χ3n) is 4.63. The maximum absolute atomic E-state index is 12.3. The number of nitrogens with one attached hydrogen (secondary N) is 2. The molecule has 8 heteroatoms. The van der Waals surface area contributed by atoms with Crippen molar-refractivity contribution in [2.45, 2.75) is 0 Å². The number of aromatic hydroxyl groups is 1. The average Bonchev–Trinajstić information content (AvgIpc) is 3.16. The molecule has 4 rings (SSSR count). The summed E-state index contributed by atoms with van der Waals surface area (Å²) >= 11 is 4.89. The molecule has 0 fully saturated rings. The van der Waals surface area contributed by atoms with Crippen molar-refractivity contribution in [1.29, 1.82) is 0 Å². The third kappa shape index (κ3) is 3.23. The van der Waals surface area contributed by atoms with Crippen molar-refractivity contribution < 1.29 is 14.6 Å². The van der Waals surface area contributed by atoms with Crippen LogP contribution in [0.3, 0.4) is 0 Å². The van der Waals surface area contributed by atoms with E-state index in [1.165, 1.54) is 13.2 Å². The lowest BCUT2D eigenvalue weighted by atomic mass is 9.97. The molecule has 1 aromatic heterocycles. The molecule has 0 radical (unpaired) electrons. The number of aromatic nitrogens is 2. The zero-order valence-corrected chi connectivity index (χ0v) is 16.5. The predicted molar refractivity (Wildman–Crippen MR) is 111 cm³/mol. The van der Waals surface area contributed by atoms with E-state index >= 15 is 0 Å². The Bertz CT molecular complexity index is 1370. The molecule has 0 atom stereocenters. The minimum absolute atomic E-state index is 0.0210. The summed E-state index contributed by atoms with van der Waals surface area (Å²) in [5.41, 5.74) is 2.15. The van der Waals surface area contributed by atoms with Crippen LogP contribution in [0, 0.1) is 4.77 Å². The van der Waals surface area contributed by atoms with Gasteiger partial charge in [0.1, 0.15) is 17.1 Å². The summed E-state index contributed by atoms with van der Waals surface area (Å²) in [5, 5.41) is 11.3. The van der Waals surface area contributed by atoms with Gasteiger partial charge in [-0.25, -0.2) is 0 Å². The van der Waals surface area contributed by atoms with Gasteiger partial charge < -0.3 is 19.6 Å². The second-order valence-corrected chi connectivity index (χ2v) is 6.68. The van der Waals surface area contributed by atoms with Gasteiger partial charge in [-0.05, 0) is 23.9 Å². The monoisotopic (exact) mass is 407 g/mol. The number of aromatic amines is 2. The Morgan fingerprint density at radius 2 is 1.83 bits per heavy atom. The number of nitrogens with zero attached hydrogens (tertiary/aromatic N) is 1. The van der Waals surface area contributed by atoms with Crippen molar-refractivity contribution in [3.63, 3.8) is 0 Å². The average molecular weight is 407 g/mol. The SMILES string of the molecule is COc1cc(OC)c(=Cc2c(O)[nH]c(=S)[nH]c2=O)c2c1C(c1ccccc1)=CN=2. The fourth-order valence-corrected chi connectivity index (χ4v) is 3.48. The number of hydrogen-bond donors (Lipinski definition) is 3. The highest BCUT2D eigenvalue weighted by Crippen LogP contribution is 2.32. The van der Waals surface area contributed by atoms with E-state index in [0.717, 1.165) is 16.7 Å². The second kappa shape index (κ2) is 7.40. The van der Waals surface area contributed by atoms with Gasteiger partial charge in [-0.1, -0.05) is 30.3 Å². The summed E-state index contributed by atoms with van der Waals surface area (Å²) in [4.78, 5) is 21.9.